The second-order valence-electron chi connectivity index (χ2n) is 6.37. The van der Waals surface area contributed by atoms with Gasteiger partial charge < -0.3 is 16.0 Å². The number of nitrogens with one attached hydrogen (secondary N) is 2. The molecular weight excluding hydrogens is 425 g/mol. The van der Waals surface area contributed by atoms with E-state index in [2.05, 4.69) is 57.5 Å². The first kappa shape index (κ1) is 17.7. The Labute approximate surface area is 164 Å². The van der Waals surface area contributed by atoms with Crippen molar-refractivity contribution >= 4 is 46.7 Å². The molecule has 0 amide bonds. The van der Waals surface area contributed by atoms with Gasteiger partial charge in [-0.3, -0.25) is 0 Å². The molecule has 3 aromatic rings. The summed E-state index contributed by atoms with van der Waals surface area (Å²) in [6.45, 7) is 2.49. The molecule has 6 heteroatoms. The van der Waals surface area contributed by atoms with Crippen LogP contribution in [0.1, 0.15) is 28.9 Å². The maximum atomic E-state index is 6.01. The van der Waals surface area contributed by atoms with Gasteiger partial charge in [0.25, 0.3) is 0 Å². The number of imidazole rings is 1. The first-order chi connectivity index (χ1) is 11.7. The van der Waals surface area contributed by atoms with Crippen molar-refractivity contribution in [3.05, 3.63) is 58.9 Å². The summed E-state index contributed by atoms with van der Waals surface area (Å²) in [6.07, 6.45) is 3.58. The fourth-order valence-corrected chi connectivity index (χ4v) is 3.25. The molecule has 0 bridgehead atoms. The van der Waals surface area contributed by atoms with Gasteiger partial charge in [-0.2, -0.15) is 0 Å². The van der Waals surface area contributed by atoms with Crippen molar-refractivity contribution in [3.8, 4) is 0 Å². The number of nitrogens with two attached hydrogens (primary N) is 1. The predicted molar refractivity (Wildman–Crippen MR) is 114 cm³/mol. The molecule has 0 atom stereocenters. The Morgan fingerprint density at radius 1 is 1.20 bits per heavy atom. The van der Waals surface area contributed by atoms with Crippen LogP contribution in [0.4, 0.5) is 5.69 Å². The van der Waals surface area contributed by atoms with Gasteiger partial charge in [0.15, 0.2) is 5.96 Å². The van der Waals surface area contributed by atoms with Gasteiger partial charge in [0.1, 0.15) is 12.4 Å². The van der Waals surface area contributed by atoms with Gasteiger partial charge >= 0.3 is 0 Å². The molecule has 4 rings (SSSR count). The van der Waals surface area contributed by atoms with E-state index in [9.17, 15) is 0 Å². The number of halogens is 1. The van der Waals surface area contributed by atoms with Gasteiger partial charge in [-0.15, -0.1) is 24.0 Å². The van der Waals surface area contributed by atoms with Crippen molar-refractivity contribution in [2.75, 3.05) is 5.32 Å². The smallest absolute Gasteiger partial charge is 0.193 e. The van der Waals surface area contributed by atoms with Crippen molar-refractivity contribution < 1.29 is 0 Å². The van der Waals surface area contributed by atoms with Crippen LogP contribution in [0.25, 0.3) is 11.0 Å². The van der Waals surface area contributed by atoms with E-state index in [1.807, 2.05) is 6.07 Å². The van der Waals surface area contributed by atoms with E-state index in [1.165, 1.54) is 29.5 Å². The summed E-state index contributed by atoms with van der Waals surface area (Å²) in [6, 6.07) is 12.6. The molecular formula is C19H22IN5. The third kappa shape index (κ3) is 3.95. The average Bonchev–Trinajstić information content (AvgIpc) is 3.18. The van der Waals surface area contributed by atoms with Crippen LogP contribution >= 0.6 is 24.0 Å². The summed E-state index contributed by atoms with van der Waals surface area (Å²) < 4.78 is 0. The maximum Gasteiger partial charge on any atom is 0.193 e. The topological polar surface area (TPSA) is 79.1 Å². The molecule has 0 saturated carbocycles. The van der Waals surface area contributed by atoms with E-state index in [1.54, 1.807) is 0 Å². The molecule has 1 aliphatic rings. The predicted octanol–water partition coefficient (Wildman–Crippen LogP) is 3.90. The van der Waals surface area contributed by atoms with Gasteiger partial charge in [0, 0.05) is 5.69 Å². The second-order valence-corrected chi connectivity index (χ2v) is 6.37. The van der Waals surface area contributed by atoms with Crippen LogP contribution in [0.15, 0.2) is 41.4 Å². The number of aliphatic imine (C=N–C) groups is 1. The number of nitrogens with zero attached hydrogens (tertiary/aromatic N) is 2. The minimum absolute atomic E-state index is 0. The molecule has 2 aromatic carbocycles. The molecule has 1 heterocycles. The molecule has 0 aliphatic heterocycles. The largest absolute Gasteiger partial charge is 0.370 e. The van der Waals surface area contributed by atoms with Gasteiger partial charge in [0.05, 0.1) is 11.0 Å². The van der Waals surface area contributed by atoms with Crippen molar-refractivity contribution in [1.29, 1.82) is 0 Å². The Morgan fingerprint density at radius 3 is 2.92 bits per heavy atom. The summed E-state index contributed by atoms with van der Waals surface area (Å²) >= 11 is 0. The zero-order valence-corrected chi connectivity index (χ0v) is 16.5. The summed E-state index contributed by atoms with van der Waals surface area (Å²) in [5, 5.41) is 3.17. The van der Waals surface area contributed by atoms with Gasteiger partial charge in [-0.1, -0.05) is 12.1 Å². The maximum absolute atomic E-state index is 6.01. The Morgan fingerprint density at radius 2 is 2.04 bits per heavy atom. The monoisotopic (exact) mass is 447 g/mol. The highest BCUT2D eigenvalue weighted by molar-refractivity contribution is 14.0. The summed E-state index contributed by atoms with van der Waals surface area (Å²) in [4.78, 5) is 12.2. The Hall–Kier alpha value is -2.09. The summed E-state index contributed by atoms with van der Waals surface area (Å²) in [5.74, 6) is 1.22. The minimum atomic E-state index is 0. The van der Waals surface area contributed by atoms with Crippen LogP contribution in [0.2, 0.25) is 0 Å². The third-order valence-corrected chi connectivity index (χ3v) is 4.46. The Balaban J connectivity index is 0.00000182. The number of benzene rings is 2. The van der Waals surface area contributed by atoms with E-state index >= 15 is 0 Å². The Bertz CT molecular complexity index is 929. The lowest BCUT2D eigenvalue weighted by Gasteiger charge is -2.07. The van der Waals surface area contributed by atoms with Crippen molar-refractivity contribution in [3.63, 3.8) is 0 Å². The summed E-state index contributed by atoms with van der Waals surface area (Å²) in [7, 11) is 0. The Kier molecular flexibility index (Phi) is 5.27. The van der Waals surface area contributed by atoms with E-state index in [4.69, 9.17) is 5.73 Å². The molecule has 0 saturated heterocycles. The highest BCUT2D eigenvalue weighted by Gasteiger charge is 2.11. The second kappa shape index (κ2) is 7.43. The standard InChI is InChI=1S/C19H21N5.HI/c1-12-5-8-16-17(9-12)24-18(23-16)11-21-19(20)22-15-7-6-13-3-2-4-14(13)10-15;/h5-10H,2-4,11H2,1H3,(H,23,24)(H3,20,21,22);1H. The van der Waals surface area contributed by atoms with Gasteiger partial charge in [-0.05, 0) is 67.1 Å². The zero-order chi connectivity index (χ0) is 16.5. The first-order valence-electron chi connectivity index (χ1n) is 8.31. The molecule has 5 nitrogen and oxygen atoms in total. The molecule has 0 fully saturated rings. The minimum Gasteiger partial charge on any atom is -0.370 e. The van der Waals surface area contributed by atoms with E-state index in [0.29, 0.717) is 12.5 Å². The number of H-pyrrole nitrogens is 1. The average molecular weight is 447 g/mol. The lowest BCUT2D eigenvalue weighted by molar-refractivity contribution is 0.912. The molecule has 4 N–H and O–H groups in total. The number of fused-ring (bicyclic) bond motifs is 2. The van der Waals surface area contributed by atoms with Crippen LogP contribution in [0, 0.1) is 6.92 Å². The molecule has 0 unspecified atom stereocenters. The number of aromatic nitrogens is 2. The lowest BCUT2D eigenvalue weighted by atomic mass is 10.1. The van der Waals surface area contributed by atoms with E-state index < -0.39 is 0 Å². The molecule has 1 aliphatic carbocycles. The highest BCUT2D eigenvalue weighted by Crippen LogP contribution is 2.24. The molecule has 25 heavy (non-hydrogen) atoms. The van der Waals surface area contributed by atoms with Gasteiger partial charge in [0.2, 0.25) is 0 Å². The normalized spacial score (nSPS) is 13.6. The van der Waals surface area contributed by atoms with E-state index in [0.717, 1.165) is 29.0 Å². The zero-order valence-electron chi connectivity index (χ0n) is 14.2. The number of aromatic amines is 1. The SMILES string of the molecule is Cc1ccc2nc(CN=C(N)Nc3ccc4c(c3)CCC4)[nH]c2c1.I. The quantitative estimate of drug-likeness (QED) is 0.324. The number of guanidine groups is 1. The van der Waals surface area contributed by atoms with Gasteiger partial charge in [-0.25, -0.2) is 9.98 Å². The van der Waals surface area contributed by atoms with Crippen LogP contribution < -0.4 is 11.1 Å². The number of aryl methyl sites for hydroxylation is 3. The number of rotatable bonds is 3. The van der Waals surface area contributed by atoms with Crippen molar-refractivity contribution in [1.82, 2.24) is 9.97 Å². The fourth-order valence-electron chi connectivity index (χ4n) is 3.25. The summed E-state index contributed by atoms with van der Waals surface area (Å²) in [5.41, 5.74) is 13.1. The number of hydrogen-bond donors (Lipinski definition) is 3. The first-order valence-corrected chi connectivity index (χ1v) is 8.31. The molecule has 1 aromatic heterocycles. The lowest BCUT2D eigenvalue weighted by Crippen LogP contribution is -2.22. The van der Waals surface area contributed by atoms with Crippen LogP contribution in [-0.2, 0) is 19.4 Å². The van der Waals surface area contributed by atoms with E-state index in [-0.39, 0.29) is 24.0 Å². The van der Waals surface area contributed by atoms with Crippen molar-refractivity contribution in [2.24, 2.45) is 10.7 Å². The highest BCUT2D eigenvalue weighted by atomic mass is 127. The van der Waals surface area contributed by atoms with Crippen LogP contribution in [0.3, 0.4) is 0 Å². The fraction of sp³-hybridized carbons (Fsp3) is 0.263. The van der Waals surface area contributed by atoms with Crippen molar-refractivity contribution in [2.45, 2.75) is 32.7 Å². The van der Waals surface area contributed by atoms with Crippen LogP contribution in [0.5, 0.6) is 0 Å². The molecule has 0 radical (unpaired) electrons. The molecule has 0 spiro atoms. The number of hydrogen-bond acceptors (Lipinski definition) is 2. The third-order valence-electron chi connectivity index (χ3n) is 4.46. The van der Waals surface area contributed by atoms with Crippen LogP contribution in [-0.4, -0.2) is 15.9 Å². The number of anilines is 1. The molecule has 130 valence electrons.